The lowest BCUT2D eigenvalue weighted by molar-refractivity contribution is 0.0684. The topological polar surface area (TPSA) is 90.7 Å². The van der Waals surface area contributed by atoms with Gasteiger partial charge in [0.1, 0.15) is 11.5 Å². The van der Waals surface area contributed by atoms with Crippen LogP contribution in [-0.2, 0) is 0 Å². The fraction of sp³-hybridized carbons (Fsp3) is 0.120. The Morgan fingerprint density at radius 1 is 0.853 bits per heavy atom. The number of carbonyl (C=O) groups excluding carboxylic acids is 2. The number of aromatic nitrogens is 2. The monoisotopic (exact) mass is 473 g/mol. The number of carbonyl (C=O) groups is 2. The molecule has 0 atom stereocenters. The normalized spacial score (nSPS) is 12.8. The van der Waals surface area contributed by atoms with Crippen LogP contribution in [0.15, 0.2) is 76.7 Å². The van der Waals surface area contributed by atoms with E-state index < -0.39 is 0 Å². The molecule has 2 amide bonds. The van der Waals surface area contributed by atoms with Crippen molar-refractivity contribution in [3.63, 3.8) is 0 Å². The van der Waals surface area contributed by atoms with Crippen molar-refractivity contribution in [2.45, 2.75) is 5.16 Å². The average Bonchev–Trinajstić information content (AvgIpc) is 3.12. The van der Waals surface area contributed by atoms with Crippen molar-refractivity contribution < 1.29 is 19.1 Å². The number of para-hydroxylation sites is 1. The molecule has 0 aliphatic carbocycles. The summed E-state index contributed by atoms with van der Waals surface area (Å²) in [7, 11) is 3.04. The maximum atomic E-state index is 13.6. The van der Waals surface area contributed by atoms with Crippen LogP contribution in [0.2, 0.25) is 0 Å². The molecule has 34 heavy (non-hydrogen) atoms. The van der Waals surface area contributed by atoms with Crippen LogP contribution in [0, 0.1) is 0 Å². The molecule has 2 heterocycles. The van der Waals surface area contributed by atoms with Gasteiger partial charge in [0.05, 0.1) is 47.8 Å². The third-order valence-corrected chi connectivity index (χ3v) is 6.49. The molecule has 0 fully saturated rings. The first-order chi connectivity index (χ1) is 16.5. The summed E-state index contributed by atoms with van der Waals surface area (Å²) >= 11 is 1.12. The number of nitrogens with zero attached hydrogens (tertiary/aromatic N) is 3. The molecule has 5 rings (SSSR count). The Balaban J connectivity index is 1.62. The number of hydrogen-bond acceptors (Lipinski definition) is 7. The van der Waals surface area contributed by atoms with Gasteiger partial charge in [-0.2, -0.15) is 0 Å². The average molecular weight is 474 g/mol. The molecule has 3 aromatic carbocycles. The molecule has 1 aliphatic heterocycles. The summed E-state index contributed by atoms with van der Waals surface area (Å²) in [4.78, 5) is 45.1. The smallest absolute Gasteiger partial charge is 0.266 e. The molecule has 0 saturated carbocycles. The lowest BCUT2D eigenvalue weighted by Gasteiger charge is -2.18. The first-order valence-electron chi connectivity index (χ1n) is 10.4. The van der Waals surface area contributed by atoms with E-state index in [1.54, 1.807) is 66.7 Å². The van der Waals surface area contributed by atoms with E-state index in [0.717, 1.165) is 16.7 Å². The summed E-state index contributed by atoms with van der Waals surface area (Å²) in [5.74, 6) is 0.224. The number of rotatable bonds is 6. The molecule has 0 spiro atoms. The molecule has 0 radical (unpaired) electrons. The molecule has 1 aromatic heterocycles. The summed E-state index contributed by atoms with van der Waals surface area (Å²) in [5, 5.41) is 0.740. The van der Waals surface area contributed by atoms with Crippen LogP contribution >= 0.6 is 11.8 Å². The van der Waals surface area contributed by atoms with E-state index in [-0.39, 0.29) is 23.3 Å². The molecule has 0 unspecified atom stereocenters. The number of fused-ring (bicyclic) bond motifs is 2. The lowest BCUT2D eigenvalue weighted by atomic mass is 10.1. The lowest BCUT2D eigenvalue weighted by Crippen LogP contribution is -2.30. The van der Waals surface area contributed by atoms with Gasteiger partial charge in [0.15, 0.2) is 5.16 Å². The standard InChI is InChI=1S/C25H19N3O5S/c1-32-15-11-12-21(33-2)20(13-15)28-24(31)18-9-5-6-10-19(18)26-25(28)34-14-27-22(29)16-7-3-4-8-17(16)23(27)30/h3-13H,14H2,1-2H3. The van der Waals surface area contributed by atoms with E-state index in [1.165, 1.54) is 18.8 Å². The maximum Gasteiger partial charge on any atom is 0.266 e. The second kappa shape index (κ2) is 8.68. The molecule has 170 valence electrons. The quantitative estimate of drug-likeness (QED) is 0.239. The highest BCUT2D eigenvalue weighted by Crippen LogP contribution is 2.32. The predicted octanol–water partition coefficient (Wildman–Crippen LogP) is 3.75. The van der Waals surface area contributed by atoms with Crippen LogP contribution in [0.1, 0.15) is 20.7 Å². The Hall–Kier alpha value is -4.11. The predicted molar refractivity (Wildman–Crippen MR) is 128 cm³/mol. The maximum absolute atomic E-state index is 13.6. The molecule has 8 nitrogen and oxygen atoms in total. The number of imide groups is 1. The zero-order chi connectivity index (χ0) is 23.8. The van der Waals surface area contributed by atoms with Crippen LogP contribution in [0.5, 0.6) is 11.5 Å². The van der Waals surface area contributed by atoms with Gasteiger partial charge in [-0.25, -0.2) is 4.98 Å². The van der Waals surface area contributed by atoms with E-state index in [2.05, 4.69) is 4.98 Å². The van der Waals surface area contributed by atoms with Crippen molar-refractivity contribution in [1.82, 2.24) is 14.5 Å². The van der Waals surface area contributed by atoms with E-state index in [4.69, 9.17) is 9.47 Å². The summed E-state index contributed by atoms with van der Waals surface area (Å²) in [6.45, 7) is 0. The largest absolute Gasteiger partial charge is 0.497 e. The number of amides is 2. The highest BCUT2D eigenvalue weighted by molar-refractivity contribution is 7.99. The minimum atomic E-state index is -0.373. The Kier molecular flexibility index (Phi) is 5.54. The number of benzene rings is 3. The summed E-state index contributed by atoms with van der Waals surface area (Å²) in [5.41, 5.74) is 1.38. The van der Waals surface area contributed by atoms with E-state index in [1.807, 2.05) is 0 Å². The minimum Gasteiger partial charge on any atom is -0.497 e. The van der Waals surface area contributed by atoms with Crippen molar-refractivity contribution in [3.05, 3.63) is 88.2 Å². The molecule has 0 bridgehead atoms. The number of thioether (sulfide) groups is 1. The van der Waals surface area contributed by atoms with Crippen molar-refractivity contribution in [2.75, 3.05) is 20.1 Å². The fourth-order valence-electron chi connectivity index (χ4n) is 3.87. The van der Waals surface area contributed by atoms with Gasteiger partial charge >= 0.3 is 0 Å². The molecular formula is C25H19N3O5S. The van der Waals surface area contributed by atoms with Gasteiger partial charge in [0.2, 0.25) is 0 Å². The Labute approximate surface area is 198 Å². The van der Waals surface area contributed by atoms with Gasteiger partial charge < -0.3 is 9.47 Å². The van der Waals surface area contributed by atoms with E-state index in [9.17, 15) is 14.4 Å². The van der Waals surface area contributed by atoms with Crippen molar-refractivity contribution in [1.29, 1.82) is 0 Å². The SMILES string of the molecule is COc1ccc(OC)c(-n2c(SCN3C(=O)c4ccccc4C3=O)nc3ccccc3c2=O)c1. The highest BCUT2D eigenvalue weighted by Gasteiger charge is 2.35. The summed E-state index contributed by atoms with van der Waals surface area (Å²) in [6.07, 6.45) is 0. The number of methoxy groups -OCH3 is 2. The van der Waals surface area contributed by atoms with Crippen molar-refractivity contribution in [3.8, 4) is 17.2 Å². The molecule has 0 N–H and O–H groups in total. The van der Waals surface area contributed by atoms with Gasteiger partial charge in [0, 0.05) is 6.07 Å². The van der Waals surface area contributed by atoms with Crippen LogP contribution in [-0.4, -0.2) is 46.4 Å². The Morgan fingerprint density at radius 3 is 2.21 bits per heavy atom. The summed E-state index contributed by atoms with van der Waals surface area (Å²) < 4.78 is 12.3. The fourth-order valence-corrected chi connectivity index (χ4v) is 4.82. The van der Waals surface area contributed by atoms with Gasteiger partial charge in [-0.05, 0) is 36.4 Å². The van der Waals surface area contributed by atoms with Crippen LogP contribution in [0.3, 0.4) is 0 Å². The molecule has 0 saturated heterocycles. The third kappa shape index (κ3) is 3.50. The van der Waals surface area contributed by atoms with Gasteiger partial charge in [0.25, 0.3) is 17.4 Å². The van der Waals surface area contributed by atoms with Crippen LogP contribution < -0.4 is 15.0 Å². The van der Waals surface area contributed by atoms with E-state index >= 15 is 0 Å². The molecule has 4 aromatic rings. The zero-order valence-corrected chi connectivity index (χ0v) is 19.2. The van der Waals surface area contributed by atoms with Gasteiger partial charge in [-0.15, -0.1) is 0 Å². The first kappa shape index (κ1) is 21.7. The minimum absolute atomic E-state index is 0.0105. The van der Waals surface area contributed by atoms with Crippen LogP contribution in [0.4, 0.5) is 0 Å². The second-order valence-electron chi connectivity index (χ2n) is 7.45. The molecule has 1 aliphatic rings. The molecular weight excluding hydrogens is 454 g/mol. The Bertz CT molecular complexity index is 1480. The number of ether oxygens (including phenoxy) is 2. The highest BCUT2D eigenvalue weighted by atomic mass is 32.2. The van der Waals surface area contributed by atoms with Crippen molar-refractivity contribution in [2.24, 2.45) is 0 Å². The summed E-state index contributed by atoms with van der Waals surface area (Å²) in [6, 6.07) is 18.8. The van der Waals surface area contributed by atoms with Gasteiger partial charge in [-0.1, -0.05) is 36.0 Å². The van der Waals surface area contributed by atoms with Crippen molar-refractivity contribution >= 4 is 34.5 Å². The van der Waals surface area contributed by atoms with E-state index in [0.29, 0.717) is 44.4 Å². The van der Waals surface area contributed by atoms with Gasteiger partial charge in [-0.3, -0.25) is 23.9 Å². The number of hydrogen-bond donors (Lipinski definition) is 0. The molecule has 9 heteroatoms. The second-order valence-corrected chi connectivity index (χ2v) is 8.36. The first-order valence-corrected chi connectivity index (χ1v) is 11.3. The zero-order valence-electron chi connectivity index (χ0n) is 18.3. The Morgan fingerprint density at radius 2 is 1.53 bits per heavy atom. The third-order valence-electron chi connectivity index (χ3n) is 5.57. The van der Waals surface area contributed by atoms with Crippen LogP contribution in [0.25, 0.3) is 16.6 Å².